The third-order valence-electron chi connectivity index (χ3n) is 6.31. The van der Waals surface area contributed by atoms with Crippen molar-refractivity contribution in [1.29, 1.82) is 0 Å². The van der Waals surface area contributed by atoms with E-state index in [1.165, 1.54) is 69.2 Å². The lowest BCUT2D eigenvalue weighted by molar-refractivity contribution is 0.0500. The van der Waals surface area contributed by atoms with Crippen molar-refractivity contribution in [3.05, 3.63) is 35.4 Å². The zero-order chi connectivity index (χ0) is 17.2. The zero-order valence-electron chi connectivity index (χ0n) is 16.4. The maximum absolute atomic E-state index is 2.85. The average molecular weight is 328 g/mol. The highest BCUT2D eigenvalue weighted by atomic mass is 15.2. The van der Waals surface area contributed by atoms with E-state index in [0.29, 0.717) is 0 Å². The van der Waals surface area contributed by atoms with Crippen LogP contribution in [0.3, 0.4) is 0 Å². The Balaban J connectivity index is 1.56. The molecule has 24 heavy (non-hydrogen) atoms. The van der Waals surface area contributed by atoms with Crippen molar-refractivity contribution in [3.63, 3.8) is 0 Å². The van der Waals surface area contributed by atoms with Gasteiger partial charge in [0.2, 0.25) is 0 Å². The van der Waals surface area contributed by atoms with E-state index in [1.54, 1.807) is 0 Å². The molecule has 1 saturated heterocycles. The molecular formula is C23H37N. The number of hydrogen-bond acceptors (Lipinski definition) is 1. The van der Waals surface area contributed by atoms with Crippen LogP contribution in [0.15, 0.2) is 24.3 Å². The molecule has 2 fully saturated rings. The van der Waals surface area contributed by atoms with Crippen LogP contribution < -0.4 is 0 Å². The molecule has 1 heteroatoms. The molecule has 3 atom stereocenters. The Morgan fingerprint density at radius 2 is 1.67 bits per heavy atom. The van der Waals surface area contributed by atoms with Crippen LogP contribution in [0.25, 0.3) is 0 Å². The van der Waals surface area contributed by atoms with Crippen LogP contribution in [0.2, 0.25) is 0 Å². The lowest BCUT2D eigenvalue weighted by Crippen LogP contribution is -2.48. The van der Waals surface area contributed by atoms with Crippen LogP contribution in [0.1, 0.15) is 77.3 Å². The molecule has 3 rings (SSSR count). The van der Waals surface area contributed by atoms with Crippen LogP contribution in [0.5, 0.6) is 0 Å². The number of likely N-dealkylation sites (tertiary alicyclic amines) is 1. The molecule has 134 valence electrons. The first kappa shape index (κ1) is 18.0. The summed E-state index contributed by atoms with van der Waals surface area (Å²) in [5.74, 6) is 1.76. The molecule has 1 nitrogen and oxygen atoms in total. The summed E-state index contributed by atoms with van der Waals surface area (Å²) in [7, 11) is 0. The second-order valence-electron chi connectivity index (χ2n) is 9.51. The number of nitrogens with zero attached hydrogens (tertiary/aromatic N) is 1. The molecule has 2 aliphatic rings. The maximum atomic E-state index is 2.85. The monoisotopic (exact) mass is 327 g/mol. The predicted molar refractivity (Wildman–Crippen MR) is 105 cm³/mol. The van der Waals surface area contributed by atoms with Crippen molar-refractivity contribution in [1.82, 2.24) is 4.90 Å². The molecule has 3 unspecified atom stereocenters. The molecule has 0 bridgehead atoms. The van der Waals surface area contributed by atoms with Gasteiger partial charge in [-0.05, 0) is 67.0 Å². The Hall–Kier alpha value is -0.820. The summed E-state index contributed by atoms with van der Waals surface area (Å²) in [6.07, 6.45) is 10.0. The van der Waals surface area contributed by atoms with Gasteiger partial charge in [0.1, 0.15) is 0 Å². The molecule has 1 heterocycles. The van der Waals surface area contributed by atoms with Crippen molar-refractivity contribution in [2.75, 3.05) is 13.1 Å². The van der Waals surface area contributed by atoms with Gasteiger partial charge < -0.3 is 0 Å². The molecule has 0 radical (unpaired) electrons. The van der Waals surface area contributed by atoms with E-state index >= 15 is 0 Å². The molecule has 0 N–H and O–H groups in total. The fraction of sp³-hybridized carbons (Fsp3) is 0.739. The largest absolute Gasteiger partial charge is 0.300 e. The van der Waals surface area contributed by atoms with Crippen LogP contribution in [-0.4, -0.2) is 24.0 Å². The third kappa shape index (κ3) is 4.42. The summed E-state index contributed by atoms with van der Waals surface area (Å²) in [5, 5.41) is 0. The van der Waals surface area contributed by atoms with E-state index in [-0.39, 0.29) is 5.41 Å². The summed E-state index contributed by atoms with van der Waals surface area (Å²) < 4.78 is 0. The number of piperidine rings is 1. The maximum Gasteiger partial charge on any atom is 0.0124 e. The van der Waals surface area contributed by atoms with E-state index in [2.05, 4.69) is 56.9 Å². The Morgan fingerprint density at radius 1 is 1.00 bits per heavy atom. The quantitative estimate of drug-likeness (QED) is 0.674. The lowest BCUT2D eigenvalue weighted by atomic mass is 9.78. The van der Waals surface area contributed by atoms with E-state index in [4.69, 9.17) is 0 Å². The summed E-state index contributed by atoms with van der Waals surface area (Å²) >= 11 is 0. The van der Waals surface area contributed by atoms with Crippen LogP contribution >= 0.6 is 0 Å². The summed E-state index contributed by atoms with van der Waals surface area (Å²) in [4.78, 5) is 2.85. The van der Waals surface area contributed by atoms with Crippen LogP contribution in [0.4, 0.5) is 0 Å². The predicted octanol–water partition coefficient (Wildman–Crippen LogP) is 5.82. The van der Waals surface area contributed by atoms with E-state index in [9.17, 15) is 0 Å². The van der Waals surface area contributed by atoms with Crippen molar-refractivity contribution in [2.45, 2.75) is 84.1 Å². The van der Waals surface area contributed by atoms with Gasteiger partial charge in [0.15, 0.2) is 0 Å². The summed E-state index contributed by atoms with van der Waals surface area (Å²) in [6.45, 7) is 12.0. The Bertz CT molecular complexity index is 508. The minimum Gasteiger partial charge on any atom is -0.300 e. The third-order valence-corrected chi connectivity index (χ3v) is 6.31. The van der Waals surface area contributed by atoms with E-state index in [0.717, 1.165) is 17.9 Å². The van der Waals surface area contributed by atoms with Gasteiger partial charge in [-0.15, -0.1) is 0 Å². The van der Waals surface area contributed by atoms with Gasteiger partial charge in [-0.1, -0.05) is 64.8 Å². The highest BCUT2D eigenvalue weighted by Crippen LogP contribution is 2.35. The molecule has 1 aromatic carbocycles. The second-order valence-corrected chi connectivity index (χ2v) is 9.51. The number of hydrogen-bond donors (Lipinski definition) is 0. The van der Waals surface area contributed by atoms with Crippen LogP contribution in [0, 0.1) is 11.8 Å². The molecule has 1 aromatic rings. The standard InChI is InChI=1S/C23H37N/c1-18(16-19-11-13-21(14-12-19)23(2,3)4)17-24-15-7-9-20-8-5-6-10-22(20)24/h11-14,18,20,22H,5-10,15-17H2,1-4H3. The van der Waals surface area contributed by atoms with Gasteiger partial charge in [0.05, 0.1) is 0 Å². The molecule has 0 spiro atoms. The van der Waals surface area contributed by atoms with Gasteiger partial charge in [-0.25, -0.2) is 0 Å². The van der Waals surface area contributed by atoms with Gasteiger partial charge in [0.25, 0.3) is 0 Å². The van der Waals surface area contributed by atoms with Gasteiger partial charge in [0, 0.05) is 12.6 Å². The Kier molecular flexibility index (Phi) is 5.70. The minimum absolute atomic E-state index is 0.258. The van der Waals surface area contributed by atoms with Gasteiger partial charge >= 0.3 is 0 Å². The normalized spacial score (nSPS) is 26.8. The summed E-state index contributed by atoms with van der Waals surface area (Å²) in [6, 6.07) is 10.3. The molecule has 1 saturated carbocycles. The van der Waals surface area contributed by atoms with Crippen molar-refractivity contribution >= 4 is 0 Å². The van der Waals surface area contributed by atoms with Gasteiger partial charge in [-0.2, -0.15) is 0 Å². The Morgan fingerprint density at radius 3 is 2.38 bits per heavy atom. The molecule has 1 aliphatic carbocycles. The lowest BCUT2D eigenvalue weighted by Gasteiger charge is -2.45. The topological polar surface area (TPSA) is 3.24 Å². The molecule has 1 aliphatic heterocycles. The second kappa shape index (κ2) is 7.60. The average Bonchev–Trinajstić information content (AvgIpc) is 2.55. The fourth-order valence-electron chi connectivity index (χ4n) is 4.96. The van der Waals surface area contributed by atoms with Crippen LogP contribution in [-0.2, 0) is 11.8 Å². The van der Waals surface area contributed by atoms with E-state index < -0.39 is 0 Å². The molecular weight excluding hydrogens is 290 g/mol. The smallest absolute Gasteiger partial charge is 0.0124 e. The highest BCUT2D eigenvalue weighted by Gasteiger charge is 2.33. The summed E-state index contributed by atoms with van der Waals surface area (Å²) in [5.41, 5.74) is 3.21. The highest BCUT2D eigenvalue weighted by molar-refractivity contribution is 5.27. The SMILES string of the molecule is CC(Cc1ccc(C(C)(C)C)cc1)CN1CCCC2CCCCC21. The van der Waals surface area contributed by atoms with Crippen molar-refractivity contribution in [2.24, 2.45) is 11.8 Å². The number of fused-ring (bicyclic) bond motifs is 1. The number of benzene rings is 1. The number of rotatable bonds is 4. The first-order valence-electron chi connectivity index (χ1n) is 10.3. The molecule has 0 amide bonds. The molecule has 0 aromatic heterocycles. The first-order valence-corrected chi connectivity index (χ1v) is 10.3. The van der Waals surface area contributed by atoms with E-state index in [1.807, 2.05) is 0 Å². The van der Waals surface area contributed by atoms with Gasteiger partial charge in [-0.3, -0.25) is 4.90 Å². The first-order chi connectivity index (χ1) is 11.4. The minimum atomic E-state index is 0.258. The van der Waals surface area contributed by atoms with Crippen molar-refractivity contribution < 1.29 is 0 Å². The van der Waals surface area contributed by atoms with Crippen molar-refractivity contribution in [3.8, 4) is 0 Å². The fourth-order valence-corrected chi connectivity index (χ4v) is 4.96. The zero-order valence-corrected chi connectivity index (χ0v) is 16.4. The Labute approximate surface area is 149 Å².